The van der Waals surface area contributed by atoms with Crippen LogP contribution < -0.4 is 9.80 Å². The highest BCUT2D eigenvalue weighted by molar-refractivity contribution is 7.11. The third-order valence-corrected chi connectivity index (χ3v) is 8.83. The van der Waals surface area contributed by atoms with Crippen molar-refractivity contribution in [3.8, 4) is 0 Å². The second kappa shape index (κ2) is 13.6. The van der Waals surface area contributed by atoms with E-state index < -0.39 is 0 Å². The van der Waals surface area contributed by atoms with E-state index in [4.69, 9.17) is 0 Å². The lowest BCUT2D eigenvalue weighted by molar-refractivity contribution is 0.112. The molecule has 1 heterocycles. The van der Waals surface area contributed by atoms with E-state index in [1.165, 1.54) is 44.1 Å². The van der Waals surface area contributed by atoms with Gasteiger partial charge in [-0.05, 0) is 111 Å². The van der Waals surface area contributed by atoms with Crippen molar-refractivity contribution in [3.63, 3.8) is 0 Å². The van der Waals surface area contributed by atoms with Crippen LogP contribution in [0.4, 0.5) is 11.4 Å². The maximum Gasteiger partial charge on any atom is 0.150 e. The van der Waals surface area contributed by atoms with Gasteiger partial charge in [-0.2, -0.15) is 0 Å². The number of nitrogens with zero attached hydrogens (tertiary/aromatic N) is 2. The van der Waals surface area contributed by atoms with Crippen LogP contribution in [0, 0.1) is 13.8 Å². The van der Waals surface area contributed by atoms with E-state index in [1.807, 2.05) is 12.1 Å². The predicted molar refractivity (Wildman–Crippen MR) is 175 cm³/mol. The normalized spacial score (nSPS) is 11.6. The van der Waals surface area contributed by atoms with Crippen LogP contribution in [0.3, 0.4) is 0 Å². The Labute approximate surface area is 244 Å². The Morgan fingerprint density at radius 1 is 0.750 bits per heavy atom. The molecule has 4 heteroatoms. The predicted octanol–water partition coefficient (Wildman–Crippen LogP) is 9.13. The van der Waals surface area contributed by atoms with E-state index in [1.54, 1.807) is 11.3 Å². The summed E-state index contributed by atoms with van der Waals surface area (Å²) in [5, 5.41) is 2.14. The standard InChI is InChI=1S/C36H42N2OS/c1-7-37(8-2)30-19-13-26(5)32(22-30)35(33-23-31(20-14-27(33)6)38(9-3)10-4)24-34(36-12-11-21-40-36)29-17-15-28(25-39)16-18-29/h11-25,35H,7-10H2,1-6H3. The molecule has 1 aromatic heterocycles. The summed E-state index contributed by atoms with van der Waals surface area (Å²) in [6, 6.07) is 26.1. The molecule has 0 unspecified atom stereocenters. The Hall–Kier alpha value is -3.63. The fourth-order valence-electron chi connectivity index (χ4n) is 5.50. The largest absolute Gasteiger partial charge is 0.372 e. The Morgan fingerprint density at radius 2 is 1.27 bits per heavy atom. The number of anilines is 2. The second-order valence-corrected chi connectivity index (χ2v) is 11.1. The number of allylic oxidation sites excluding steroid dienone is 1. The Kier molecular flexibility index (Phi) is 10.0. The number of carbonyl (C=O) groups excluding carboxylic acids is 1. The first-order valence-corrected chi connectivity index (χ1v) is 15.3. The summed E-state index contributed by atoms with van der Waals surface area (Å²) in [6.45, 7) is 17.2. The van der Waals surface area contributed by atoms with Crippen molar-refractivity contribution in [2.75, 3.05) is 36.0 Å². The number of thiophene rings is 1. The van der Waals surface area contributed by atoms with Crippen molar-refractivity contribution in [1.82, 2.24) is 0 Å². The lowest BCUT2D eigenvalue weighted by atomic mass is 9.83. The third kappa shape index (κ3) is 6.39. The summed E-state index contributed by atoms with van der Waals surface area (Å²) in [5.41, 5.74) is 10.7. The average Bonchev–Trinajstić information content (AvgIpc) is 3.52. The van der Waals surface area contributed by atoms with Crippen LogP contribution in [-0.2, 0) is 0 Å². The van der Waals surface area contributed by atoms with Gasteiger partial charge in [-0.3, -0.25) is 4.79 Å². The zero-order valence-electron chi connectivity index (χ0n) is 24.8. The van der Waals surface area contributed by atoms with Crippen molar-refractivity contribution in [2.24, 2.45) is 0 Å². The molecule has 0 saturated carbocycles. The molecule has 0 spiro atoms. The smallest absolute Gasteiger partial charge is 0.150 e. The van der Waals surface area contributed by atoms with Gasteiger partial charge >= 0.3 is 0 Å². The zero-order valence-corrected chi connectivity index (χ0v) is 25.6. The van der Waals surface area contributed by atoms with Crippen LogP contribution in [0.2, 0.25) is 0 Å². The highest BCUT2D eigenvalue weighted by Crippen LogP contribution is 2.39. The van der Waals surface area contributed by atoms with Gasteiger partial charge in [0, 0.05) is 53.9 Å². The van der Waals surface area contributed by atoms with Gasteiger partial charge in [0.25, 0.3) is 0 Å². The summed E-state index contributed by atoms with van der Waals surface area (Å²) in [7, 11) is 0. The molecule has 0 radical (unpaired) electrons. The molecule has 3 aromatic carbocycles. The van der Waals surface area contributed by atoms with Gasteiger partial charge < -0.3 is 9.80 Å². The minimum Gasteiger partial charge on any atom is -0.372 e. The van der Waals surface area contributed by atoms with Crippen molar-refractivity contribution >= 4 is 34.6 Å². The summed E-state index contributed by atoms with van der Waals surface area (Å²) in [4.78, 5) is 17.4. The fraction of sp³-hybridized carbons (Fsp3) is 0.306. The van der Waals surface area contributed by atoms with Crippen LogP contribution in [0.15, 0.2) is 84.3 Å². The Morgan fingerprint density at radius 3 is 1.70 bits per heavy atom. The van der Waals surface area contributed by atoms with E-state index in [0.29, 0.717) is 5.56 Å². The van der Waals surface area contributed by atoms with Gasteiger partial charge in [0.2, 0.25) is 0 Å². The highest BCUT2D eigenvalue weighted by Gasteiger charge is 2.21. The van der Waals surface area contributed by atoms with Gasteiger partial charge in [0.05, 0.1) is 0 Å². The second-order valence-electron chi connectivity index (χ2n) is 10.2. The lowest BCUT2D eigenvalue weighted by Gasteiger charge is -2.27. The van der Waals surface area contributed by atoms with E-state index in [9.17, 15) is 4.79 Å². The molecule has 40 heavy (non-hydrogen) atoms. The topological polar surface area (TPSA) is 23.6 Å². The molecule has 0 N–H and O–H groups in total. The summed E-state index contributed by atoms with van der Waals surface area (Å²) in [6.07, 6.45) is 3.36. The van der Waals surface area contributed by atoms with Crippen LogP contribution >= 0.6 is 11.3 Å². The number of rotatable bonds is 12. The molecular formula is C36H42N2OS. The van der Waals surface area contributed by atoms with Crippen LogP contribution in [0.1, 0.15) is 76.7 Å². The molecule has 4 aromatic rings. The number of carbonyl (C=O) groups is 1. The SMILES string of the molecule is CCN(CC)c1ccc(C)c(C(C=C(c2ccc(C=O)cc2)c2cccs2)c2cc(N(CC)CC)ccc2C)c1. The monoisotopic (exact) mass is 550 g/mol. The summed E-state index contributed by atoms with van der Waals surface area (Å²) >= 11 is 1.75. The van der Waals surface area contributed by atoms with Gasteiger partial charge in [0.1, 0.15) is 6.29 Å². The number of hydrogen-bond acceptors (Lipinski definition) is 4. The van der Waals surface area contributed by atoms with Crippen molar-refractivity contribution < 1.29 is 4.79 Å². The first-order chi connectivity index (χ1) is 19.4. The van der Waals surface area contributed by atoms with Gasteiger partial charge in [-0.25, -0.2) is 0 Å². The maximum absolute atomic E-state index is 11.4. The Balaban J connectivity index is 2.01. The summed E-state index contributed by atoms with van der Waals surface area (Å²) < 4.78 is 0. The quantitative estimate of drug-likeness (QED) is 0.164. The Bertz CT molecular complexity index is 1370. The molecule has 0 aliphatic carbocycles. The zero-order chi connectivity index (χ0) is 28.6. The number of aryl methyl sites for hydroxylation is 2. The molecule has 4 rings (SSSR count). The molecule has 0 amide bonds. The van der Waals surface area contributed by atoms with Gasteiger partial charge in [0.15, 0.2) is 0 Å². The van der Waals surface area contributed by atoms with Crippen LogP contribution in [0.25, 0.3) is 5.57 Å². The van der Waals surface area contributed by atoms with Gasteiger partial charge in [-0.15, -0.1) is 11.3 Å². The van der Waals surface area contributed by atoms with Crippen molar-refractivity contribution in [1.29, 1.82) is 0 Å². The van der Waals surface area contributed by atoms with E-state index in [0.717, 1.165) is 38.0 Å². The first kappa shape index (κ1) is 29.4. The summed E-state index contributed by atoms with van der Waals surface area (Å²) in [5.74, 6) is 0.0499. The average molecular weight is 551 g/mol. The third-order valence-electron chi connectivity index (χ3n) is 7.93. The minimum atomic E-state index is 0.0499. The van der Waals surface area contributed by atoms with E-state index >= 15 is 0 Å². The molecular weight excluding hydrogens is 508 g/mol. The molecule has 0 saturated heterocycles. The first-order valence-electron chi connectivity index (χ1n) is 14.5. The van der Waals surface area contributed by atoms with Crippen molar-refractivity contribution in [2.45, 2.75) is 47.5 Å². The lowest BCUT2D eigenvalue weighted by Crippen LogP contribution is -2.22. The molecule has 0 aliphatic rings. The number of hydrogen-bond donors (Lipinski definition) is 0. The van der Waals surface area contributed by atoms with E-state index in [2.05, 4.69) is 123 Å². The van der Waals surface area contributed by atoms with Crippen LogP contribution in [0.5, 0.6) is 0 Å². The molecule has 208 valence electrons. The maximum atomic E-state index is 11.4. The van der Waals surface area contributed by atoms with Crippen LogP contribution in [-0.4, -0.2) is 32.5 Å². The van der Waals surface area contributed by atoms with E-state index in [-0.39, 0.29) is 5.92 Å². The fourth-order valence-corrected chi connectivity index (χ4v) is 6.28. The number of benzene rings is 3. The van der Waals surface area contributed by atoms with Crippen molar-refractivity contribution in [3.05, 3.63) is 123 Å². The minimum absolute atomic E-state index is 0.0499. The number of aldehydes is 1. The molecule has 0 aliphatic heterocycles. The highest BCUT2D eigenvalue weighted by atomic mass is 32.1. The van der Waals surface area contributed by atoms with Gasteiger partial charge in [-0.1, -0.05) is 48.5 Å². The molecule has 0 fully saturated rings. The molecule has 0 bridgehead atoms. The molecule has 0 atom stereocenters. The molecule has 3 nitrogen and oxygen atoms in total.